The zero-order valence-corrected chi connectivity index (χ0v) is 13.6. The van der Waals surface area contributed by atoms with Gasteiger partial charge in [-0.25, -0.2) is 15.4 Å². The van der Waals surface area contributed by atoms with Crippen molar-refractivity contribution in [3.8, 4) is 6.01 Å². The van der Waals surface area contributed by atoms with Gasteiger partial charge in [-0.3, -0.25) is 10.2 Å². The van der Waals surface area contributed by atoms with Gasteiger partial charge in [0.2, 0.25) is 5.91 Å². The molecule has 1 saturated carbocycles. The number of nitrogens with one attached hydrogen (secondary N) is 2. The van der Waals surface area contributed by atoms with Gasteiger partial charge >= 0.3 is 6.01 Å². The SMILES string of the molecule is O=C(C1CCNN1)N1CCOC2C(COc3ncccn3)CCC21. The van der Waals surface area contributed by atoms with E-state index in [1.165, 1.54) is 0 Å². The van der Waals surface area contributed by atoms with E-state index in [9.17, 15) is 4.79 Å². The van der Waals surface area contributed by atoms with Crippen molar-refractivity contribution < 1.29 is 14.3 Å². The quantitative estimate of drug-likeness (QED) is 0.784. The molecule has 8 nitrogen and oxygen atoms in total. The first kappa shape index (κ1) is 15.7. The molecule has 0 bridgehead atoms. The van der Waals surface area contributed by atoms with Crippen LogP contribution in [0.2, 0.25) is 0 Å². The lowest BCUT2D eigenvalue weighted by molar-refractivity contribution is -0.148. The maximum absolute atomic E-state index is 12.7. The molecule has 1 aliphatic carbocycles. The first-order chi connectivity index (χ1) is 11.8. The van der Waals surface area contributed by atoms with E-state index in [-0.39, 0.29) is 30.0 Å². The first-order valence-corrected chi connectivity index (χ1v) is 8.63. The zero-order chi connectivity index (χ0) is 16.4. The molecular weight excluding hydrogens is 310 g/mol. The Hall–Kier alpha value is -1.77. The first-order valence-electron chi connectivity index (χ1n) is 8.63. The number of nitrogens with zero attached hydrogens (tertiary/aromatic N) is 3. The number of carbonyl (C=O) groups is 1. The van der Waals surface area contributed by atoms with Gasteiger partial charge in [-0.2, -0.15) is 0 Å². The van der Waals surface area contributed by atoms with Gasteiger partial charge in [0.05, 0.1) is 25.4 Å². The third-order valence-corrected chi connectivity index (χ3v) is 5.10. The number of morpholine rings is 1. The van der Waals surface area contributed by atoms with E-state index in [0.717, 1.165) is 25.8 Å². The van der Waals surface area contributed by atoms with Gasteiger partial charge in [-0.05, 0) is 25.3 Å². The van der Waals surface area contributed by atoms with Crippen LogP contribution in [-0.2, 0) is 9.53 Å². The fourth-order valence-corrected chi connectivity index (χ4v) is 3.92. The summed E-state index contributed by atoms with van der Waals surface area (Å²) in [6.07, 6.45) is 6.16. The molecule has 1 aromatic rings. The molecule has 130 valence electrons. The molecule has 0 aromatic carbocycles. The Bertz CT molecular complexity index is 566. The number of rotatable bonds is 4. The number of aromatic nitrogens is 2. The van der Waals surface area contributed by atoms with E-state index in [2.05, 4.69) is 20.8 Å². The summed E-state index contributed by atoms with van der Waals surface area (Å²) in [6.45, 7) is 2.62. The smallest absolute Gasteiger partial charge is 0.316 e. The fourth-order valence-electron chi connectivity index (χ4n) is 3.92. The van der Waals surface area contributed by atoms with Crippen LogP contribution < -0.4 is 15.6 Å². The minimum absolute atomic E-state index is 0.0424. The molecule has 3 fully saturated rings. The van der Waals surface area contributed by atoms with Gasteiger partial charge < -0.3 is 14.4 Å². The van der Waals surface area contributed by atoms with Crippen LogP contribution in [0.25, 0.3) is 0 Å². The maximum Gasteiger partial charge on any atom is 0.316 e. The average molecular weight is 333 g/mol. The molecule has 4 atom stereocenters. The van der Waals surface area contributed by atoms with Crippen molar-refractivity contribution >= 4 is 5.91 Å². The Labute approximate surface area is 140 Å². The van der Waals surface area contributed by atoms with Crippen molar-refractivity contribution in [3.63, 3.8) is 0 Å². The van der Waals surface area contributed by atoms with Crippen molar-refractivity contribution in [2.75, 3.05) is 26.3 Å². The lowest BCUT2D eigenvalue weighted by Gasteiger charge is -2.40. The second kappa shape index (κ2) is 7.00. The van der Waals surface area contributed by atoms with E-state index < -0.39 is 0 Å². The Balaban J connectivity index is 1.38. The molecular formula is C16H23N5O3. The maximum atomic E-state index is 12.7. The summed E-state index contributed by atoms with van der Waals surface area (Å²) in [4.78, 5) is 22.9. The minimum Gasteiger partial charge on any atom is -0.463 e. The minimum atomic E-state index is -0.114. The third-order valence-electron chi connectivity index (χ3n) is 5.10. The Morgan fingerprint density at radius 2 is 2.21 bits per heavy atom. The molecule has 24 heavy (non-hydrogen) atoms. The molecule has 2 saturated heterocycles. The number of carbonyl (C=O) groups excluding carboxylic acids is 1. The number of amides is 1. The summed E-state index contributed by atoms with van der Waals surface area (Å²) in [5.41, 5.74) is 6.10. The molecule has 1 amide bonds. The summed E-state index contributed by atoms with van der Waals surface area (Å²) >= 11 is 0. The lowest BCUT2D eigenvalue weighted by atomic mass is 10.0. The predicted octanol–water partition coefficient (Wildman–Crippen LogP) is -0.272. The second-order valence-electron chi connectivity index (χ2n) is 6.53. The normalized spacial score (nSPS) is 32.6. The van der Waals surface area contributed by atoms with Crippen molar-refractivity contribution in [3.05, 3.63) is 18.5 Å². The summed E-state index contributed by atoms with van der Waals surface area (Å²) in [7, 11) is 0. The van der Waals surface area contributed by atoms with Crippen molar-refractivity contribution in [2.45, 2.75) is 37.5 Å². The number of hydrogen-bond acceptors (Lipinski definition) is 7. The molecule has 1 aromatic heterocycles. The molecule has 0 radical (unpaired) electrons. The van der Waals surface area contributed by atoms with Crippen LogP contribution in [0.3, 0.4) is 0 Å². The van der Waals surface area contributed by atoms with Crippen LogP contribution in [-0.4, -0.2) is 65.3 Å². The monoisotopic (exact) mass is 333 g/mol. The second-order valence-corrected chi connectivity index (χ2v) is 6.53. The molecule has 8 heteroatoms. The van der Waals surface area contributed by atoms with Crippen LogP contribution in [0.15, 0.2) is 18.5 Å². The molecule has 3 aliphatic rings. The van der Waals surface area contributed by atoms with Crippen molar-refractivity contribution in [1.29, 1.82) is 0 Å². The third kappa shape index (κ3) is 3.09. The number of hydrogen-bond donors (Lipinski definition) is 2. The molecule has 4 unspecified atom stereocenters. The number of hydrazine groups is 1. The standard InChI is InChI=1S/C16H23N5O3/c22-15(12-4-7-19-20-12)21-8-9-23-14-11(2-3-13(14)21)10-24-16-17-5-1-6-18-16/h1,5-6,11-14,19-20H,2-4,7-10H2. The Morgan fingerprint density at radius 3 is 3.00 bits per heavy atom. The zero-order valence-electron chi connectivity index (χ0n) is 13.6. The van der Waals surface area contributed by atoms with Gasteiger partial charge in [0.25, 0.3) is 0 Å². The van der Waals surface area contributed by atoms with Crippen LogP contribution in [0.1, 0.15) is 19.3 Å². The summed E-state index contributed by atoms with van der Waals surface area (Å²) in [5, 5.41) is 0. The molecule has 3 heterocycles. The average Bonchev–Trinajstić information content (AvgIpc) is 3.30. The fraction of sp³-hybridized carbons (Fsp3) is 0.688. The topological polar surface area (TPSA) is 88.6 Å². The van der Waals surface area contributed by atoms with E-state index in [1.54, 1.807) is 18.5 Å². The van der Waals surface area contributed by atoms with Gasteiger partial charge in [-0.15, -0.1) is 0 Å². The Morgan fingerprint density at radius 1 is 1.33 bits per heavy atom. The van der Waals surface area contributed by atoms with Crippen LogP contribution >= 0.6 is 0 Å². The van der Waals surface area contributed by atoms with E-state index in [1.807, 2.05) is 4.90 Å². The van der Waals surface area contributed by atoms with E-state index in [0.29, 0.717) is 25.8 Å². The van der Waals surface area contributed by atoms with Gasteiger partial charge in [0.15, 0.2) is 0 Å². The van der Waals surface area contributed by atoms with Gasteiger partial charge in [-0.1, -0.05) is 0 Å². The highest BCUT2D eigenvalue weighted by Gasteiger charge is 2.45. The molecule has 4 rings (SSSR count). The van der Waals surface area contributed by atoms with Crippen LogP contribution in [0, 0.1) is 5.92 Å². The largest absolute Gasteiger partial charge is 0.463 e. The number of ether oxygens (including phenoxy) is 2. The highest BCUT2D eigenvalue weighted by molar-refractivity contribution is 5.82. The summed E-state index contributed by atoms with van der Waals surface area (Å²) in [5.74, 6) is 0.454. The molecule has 2 aliphatic heterocycles. The molecule has 0 spiro atoms. The van der Waals surface area contributed by atoms with Gasteiger partial charge in [0.1, 0.15) is 6.04 Å². The lowest BCUT2D eigenvalue weighted by Crippen LogP contribution is -2.57. The predicted molar refractivity (Wildman–Crippen MR) is 85.0 cm³/mol. The highest BCUT2D eigenvalue weighted by atomic mass is 16.5. The summed E-state index contributed by atoms with van der Waals surface area (Å²) < 4.78 is 11.7. The van der Waals surface area contributed by atoms with Crippen molar-refractivity contribution in [2.24, 2.45) is 5.92 Å². The highest BCUT2D eigenvalue weighted by Crippen LogP contribution is 2.35. The van der Waals surface area contributed by atoms with Crippen LogP contribution in [0.5, 0.6) is 6.01 Å². The summed E-state index contributed by atoms with van der Waals surface area (Å²) in [6, 6.07) is 2.19. The van der Waals surface area contributed by atoms with Gasteiger partial charge in [0, 0.05) is 31.4 Å². The van der Waals surface area contributed by atoms with Crippen LogP contribution in [0.4, 0.5) is 0 Å². The van der Waals surface area contributed by atoms with E-state index >= 15 is 0 Å². The Kier molecular flexibility index (Phi) is 4.59. The number of fused-ring (bicyclic) bond motifs is 1. The molecule has 2 N–H and O–H groups in total. The van der Waals surface area contributed by atoms with E-state index in [4.69, 9.17) is 9.47 Å². The van der Waals surface area contributed by atoms with Crippen molar-refractivity contribution in [1.82, 2.24) is 25.7 Å².